The van der Waals surface area contributed by atoms with Crippen LogP contribution in [0.25, 0.3) is 0 Å². The van der Waals surface area contributed by atoms with Crippen molar-refractivity contribution in [3.63, 3.8) is 0 Å². The topological polar surface area (TPSA) is 81.4 Å². The Labute approximate surface area is 124 Å². The number of aryl methyl sites for hydroxylation is 1. The fraction of sp³-hybridized carbons (Fsp3) is 0.200. The van der Waals surface area contributed by atoms with Gasteiger partial charge in [0.2, 0.25) is 0 Å². The summed E-state index contributed by atoms with van der Waals surface area (Å²) in [6, 6.07) is 11.3. The molecule has 0 aromatic heterocycles. The minimum absolute atomic E-state index is 0.168. The minimum atomic E-state index is -3.64. The van der Waals surface area contributed by atoms with Crippen molar-refractivity contribution < 1.29 is 13.2 Å². The van der Waals surface area contributed by atoms with Crippen LogP contribution < -0.4 is 15.2 Å². The Kier molecular flexibility index (Phi) is 4.37. The molecule has 0 atom stereocenters. The monoisotopic (exact) mass is 306 g/mol. The zero-order valence-electron chi connectivity index (χ0n) is 12.0. The van der Waals surface area contributed by atoms with E-state index in [1.165, 1.54) is 19.2 Å². The highest BCUT2D eigenvalue weighted by Gasteiger charge is 2.14. The van der Waals surface area contributed by atoms with E-state index in [4.69, 9.17) is 10.5 Å². The number of ether oxygens (including phenoxy) is 1. The molecule has 0 fully saturated rings. The molecule has 3 N–H and O–H groups in total. The van der Waals surface area contributed by atoms with Gasteiger partial charge in [-0.05, 0) is 48.4 Å². The van der Waals surface area contributed by atoms with Gasteiger partial charge in [-0.2, -0.15) is 0 Å². The molecule has 0 saturated heterocycles. The third-order valence-corrected chi connectivity index (χ3v) is 4.55. The Balaban J connectivity index is 2.26. The number of methoxy groups -OCH3 is 1. The Morgan fingerprint density at radius 2 is 1.81 bits per heavy atom. The lowest BCUT2D eigenvalue weighted by Gasteiger charge is -2.11. The highest BCUT2D eigenvalue weighted by molar-refractivity contribution is 7.92. The average Bonchev–Trinajstić information content (AvgIpc) is 2.47. The smallest absolute Gasteiger partial charge is 0.261 e. The maximum atomic E-state index is 12.3. The van der Waals surface area contributed by atoms with Gasteiger partial charge in [0.1, 0.15) is 5.75 Å². The summed E-state index contributed by atoms with van der Waals surface area (Å²) in [5.74, 6) is 0.602. The Morgan fingerprint density at radius 3 is 2.33 bits per heavy atom. The van der Waals surface area contributed by atoms with Gasteiger partial charge < -0.3 is 10.5 Å². The first kappa shape index (κ1) is 15.2. The van der Waals surface area contributed by atoms with E-state index in [1.807, 2.05) is 13.0 Å². The van der Waals surface area contributed by atoms with Crippen LogP contribution in [0.1, 0.15) is 12.5 Å². The molecular weight excluding hydrogens is 288 g/mol. The molecule has 0 unspecified atom stereocenters. The number of nitrogens with one attached hydrogen (secondary N) is 1. The maximum absolute atomic E-state index is 12.3. The summed E-state index contributed by atoms with van der Waals surface area (Å²) in [6.07, 6.45) is 0.803. The summed E-state index contributed by atoms with van der Waals surface area (Å²) in [4.78, 5) is 0.168. The Hall–Kier alpha value is -2.21. The molecule has 0 aliphatic heterocycles. The molecule has 0 radical (unpaired) electrons. The van der Waals surface area contributed by atoms with Crippen LogP contribution in [0.15, 0.2) is 47.4 Å². The molecule has 2 rings (SSSR count). The summed E-state index contributed by atoms with van der Waals surface area (Å²) >= 11 is 0. The predicted molar refractivity (Wildman–Crippen MR) is 84.0 cm³/mol. The lowest BCUT2D eigenvalue weighted by atomic mass is 10.1. The van der Waals surface area contributed by atoms with E-state index in [1.54, 1.807) is 24.3 Å². The lowest BCUT2D eigenvalue weighted by molar-refractivity contribution is 0.414. The minimum Gasteiger partial charge on any atom is -0.497 e. The first-order valence-corrected chi connectivity index (χ1v) is 8.00. The van der Waals surface area contributed by atoms with Crippen LogP contribution >= 0.6 is 0 Å². The van der Waals surface area contributed by atoms with Crippen molar-refractivity contribution in [3.8, 4) is 5.75 Å². The first-order valence-electron chi connectivity index (χ1n) is 6.51. The number of sulfonamides is 1. The van der Waals surface area contributed by atoms with Gasteiger partial charge in [0.05, 0.1) is 17.7 Å². The predicted octanol–water partition coefficient (Wildman–Crippen LogP) is 2.64. The average molecular weight is 306 g/mol. The summed E-state index contributed by atoms with van der Waals surface area (Å²) in [5, 5.41) is 0. The summed E-state index contributed by atoms with van der Waals surface area (Å²) in [5.41, 5.74) is 7.89. The van der Waals surface area contributed by atoms with Gasteiger partial charge in [-0.15, -0.1) is 0 Å². The molecule has 21 heavy (non-hydrogen) atoms. The second-order valence-electron chi connectivity index (χ2n) is 4.55. The fourth-order valence-corrected chi connectivity index (χ4v) is 3.00. The van der Waals surface area contributed by atoms with Crippen molar-refractivity contribution in [2.24, 2.45) is 0 Å². The second-order valence-corrected chi connectivity index (χ2v) is 6.23. The molecule has 0 aliphatic rings. The van der Waals surface area contributed by atoms with Gasteiger partial charge in [0.25, 0.3) is 10.0 Å². The maximum Gasteiger partial charge on any atom is 0.261 e. The molecule has 6 heteroatoms. The van der Waals surface area contributed by atoms with Crippen LogP contribution in [0.3, 0.4) is 0 Å². The van der Waals surface area contributed by atoms with E-state index in [0.717, 1.165) is 12.0 Å². The Morgan fingerprint density at radius 1 is 1.14 bits per heavy atom. The number of nitrogen functional groups attached to an aromatic ring is 1. The molecular formula is C15H18N2O3S. The van der Waals surface area contributed by atoms with Gasteiger partial charge in [-0.3, -0.25) is 4.72 Å². The molecule has 112 valence electrons. The SMILES string of the molecule is CCc1ccc(NS(=O)(=O)c2ccc(OC)cc2)cc1N. The highest BCUT2D eigenvalue weighted by atomic mass is 32.2. The van der Waals surface area contributed by atoms with Gasteiger partial charge >= 0.3 is 0 Å². The zero-order chi connectivity index (χ0) is 15.5. The van der Waals surface area contributed by atoms with Gasteiger partial charge in [-0.1, -0.05) is 13.0 Å². The summed E-state index contributed by atoms with van der Waals surface area (Å²) in [6.45, 7) is 1.99. The van der Waals surface area contributed by atoms with Gasteiger partial charge in [0.15, 0.2) is 0 Å². The van der Waals surface area contributed by atoms with E-state index in [2.05, 4.69) is 4.72 Å². The van der Waals surface area contributed by atoms with Crippen LogP contribution in [-0.4, -0.2) is 15.5 Å². The van der Waals surface area contributed by atoms with E-state index in [0.29, 0.717) is 17.1 Å². The number of hydrogen-bond donors (Lipinski definition) is 2. The van der Waals surface area contributed by atoms with E-state index in [-0.39, 0.29) is 4.90 Å². The molecule has 0 spiro atoms. The standard InChI is InChI=1S/C15H18N2O3S/c1-3-11-4-5-12(10-15(11)16)17-21(18,19)14-8-6-13(20-2)7-9-14/h4-10,17H,3,16H2,1-2H3. The van der Waals surface area contributed by atoms with Crippen molar-refractivity contribution in [2.45, 2.75) is 18.2 Å². The van der Waals surface area contributed by atoms with E-state index < -0.39 is 10.0 Å². The molecule has 0 saturated carbocycles. The summed E-state index contributed by atoms with van der Waals surface area (Å²) < 4.78 is 32.1. The van der Waals surface area contributed by atoms with Crippen molar-refractivity contribution >= 4 is 21.4 Å². The quantitative estimate of drug-likeness (QED) is 0.832. The lowest BCUT2D eigenvalue weighted by Crippen LogP contribution is -2.13. The fourth-order valence-electron chi connectivity index (χ4n) is 1.95. The number of anilines is 2. The van der Waals surface area contributed by atoms with Crippen LogP contribution in [0, 0.1) is 0 Å². The summed E-state index contributed by atoms with van der Waals surface area (Å²) in [7, 11) is -2.11. The van der Waals surface area contributed by atoms with Crippen molar-refractivity contribution in [1.29, 1.82) is 0 Å². The second kappa shape index (κ2) is 6.05. The molecule has 0 amide bonds. The number of hydrogen-bond acceptors (Lipinski definition) is 4. The van der Waals surface area contributed by atoms with Crippen molar-refractivity contribution in [3.05, 3.63) is 48.0 Å². The third-order valence-electron chi connectivity index (χ3n) is 3.15. The van der Waals surface area contributed by atoms with Gasteiger partial charge in [0, 0.05) is 5.69 Å². The van der Waals surface area contributed by atoms with Crippen LogP contribution in [0.4, 0.5) is 11.4 Å². The number of benzene rings is 2. The van der Waals surface area contributed by atoms with Crippen molar-refractivity contribution in [1.82, 2.24) is 0 Å². The Bertz CT molecular complexity index is 725. The first-order chi connectivity index (χ1) is 9.96. The molecule has 0 bridgehead atoms. The molecule has 0 heterocycles. The van der Waals surface area contributed by atoms with Crippen LogP contribution in [-0.2, 0) is 16.4 Å². The molecule has 0 aliphatic carbocycles. The largest absolute Gasteiger partial charge is 0.497 e. The normalized spacial score (nSPS) is 11.1. The zero-order valence-corrected chi connectivity index (χ0v) is 12.8. The number of nitrogens with two attached hydrogens (primary N) is 1. The van der Waals surface area contributed by atoms with E-state index >= 15 is 0 Å². The highest BCUT2D eigenvalue weighted by Crippen LogP contribution is 2.22. The van der Waals surface area contributed by atoms with Gasteiger partial charge in [-0.25, -0.2) is 8.42 Å². The molecule has 5 nitrogen and oxygen atoms in total. The molecule has 2 aromatic carbocycles. The van der Waals surface area contributed by atoms with Crippen molar-refractivity contribution in [2.75, 3.05) is 17.6 Å². The van der Waals surface area contributed by atoms with Crippen LogP contribution in [0.2, 0.25) is 0 Å². The van der Waals surface area contributed by atoms with Crippen LogP contribution in [0.5, 0.6) is 5.75 Å². The number of rotatable bonds is 5. The van der Waals surface area contributed by atoms with E-state index in [9.17, 15) is 8.42 Å². The third kappa shape index (κ3) is 3.46. The molecule has 2 aromatic rings.